The third-order valence-electron chi connectivity index (χ3n) is 6.30. The summed E-state index contributed by atoms with van der Waals surface area (Å²) in [5.74, 6) is -0.628. The second-order valence-electron chi connectivity index (χ2n) is 9.01. The van der Waals surface area contributed by atoms with Crippen molar-refractivity contribution < 1.29 is 39.5 Å². The zero-order chi connectivity index (χ0) is 26.8. The van der Waals surface area contributed by atoms with Crippen LogP contribution in [0.1, 0.15) is 31.2 Å². The number of hydrogen-bond donors (Lipinski definition) is 5. The number of piperidine rings is 1. The van der Waals surface area contributed by atoms with Crippen LogP contribution in [0.2, 0.25) is 0 Å². The maximum absolute atomic E-state index is 11.1. The Morgan fingerprint density at radius 3 is 2.38 bits per heavy atom. The minimum atomic E-state index is -1.08. The normalized spacial score (nSPS) is 15.9. The van der Waals surface area contributed by atoms with E-state index in [0.717, 1.165) is 41.1 Å². The number of ether oxygens (including phenoxy) is 2. The summed E-state index contributed by atoms with van der Waals surface area (Å²) in [6.45, 7) is 2.20. The summed E-state index contributed by atoms with van der Waals surface area (Å²) < 4.78 is 11.1. The average molecular weight is 515 g/mol. The number of hydrogen-bond acceptors (Lipinski definition) is 7. The first-order valence-electron chi connectivity index (χ1n) is 12.1. The van der Waals surface area contributed by atoms with Gasteiger partial charge in [0.2, 0.25) is 0 Å². The van der Waals surface area contributed by atoms with E-state index >= 15 is 0 Å². The molecule has 0 radical (unpaired) electrons. The zero-order valence-corrected chi connectivity index (χ0v) is 20.8. The molecule has 4 rings (SSSR count). The third-order valence-corrected chi connectivity index (χ3v) is 6.30. The van der Waals surface area contributed by atoms with Crippen molar-refractivity contribution >= 4 is 22.8 Å². The predicted molar refractivity (Wildman–Crippen MR) is 137 cm³/mol. The molecule has 1 saturated heterocycles. The van der Waals surface area contributed by atoms with E-state index in [0.29, 0.717) is 19.4 Å². The van der Waals surface area contributed by atoms with E-state index in [4.69, 9.17) is 19.7 Å². The van der Waals surface area contributed by atoms with Crippen LogP contribution in [0.5, 0.6) is 11.5 Å². The number of carbonyl (C=O) groups is 2. The Hall–Kier alpha value is -3.60. The number of β-amino-alcohol motifs (C(OH)–C–C–N with tert-alkyl or cyclic N) is 1. The van der Waals surface area contributed by atoms with Crippen LogP contribution in [0, 0.1) is 0 Å². The van der Waals surface area contributed by atoms with Crippen LogP contribution in [0.4, 0.5) is 0 Å². The number of nitrogens with one attached hydrogen (secondary N) is 1. The fourth-order valence-electron chi connectivity index (χ4n) is 4.24. The number of rotatable bonds is 10. The summed E-state index contributed by atoms with van der Waals surface area (Å²) in [5.41, 5.74) is 1.06. The quantitative estimate of drug-likeness (QED) is 0.275. The van der Waals surface area contributed by atoms with Gasteiger partial charge in [-0.25, -0.2) is 0 Å². The topological polar surface area (TPSA) is 153 Å². The first-order chi connectivity index (χ1) is 17.7. The molecule has 10 nitrogen and oxygen atoms in total. The van der Waals surface area contributed by atoms with Crippen LogP contribution < -0.4 is 9.47 Å². The minimum Gasteiger partial charge on any atom is -0.497 e. The van der Waals surface area contributed by atoms with Gasteiger partial charge in [0.05, 0.1) is 25.6 Å². The summed E-state index contributed by atoms with van der Waals surface area (Å²) in [7, 11) is 1.63. The molecule has 3 aromatic rings. The smallest absolute Gasteiger partial charge is 0.303 e. The van der Waals surface area contributed by atoms with Crippen LogP contribution in [0.15, 0.2) is 54.7 Å². The fourth-order valence-corrected chi connectivity index (χ4v) is 4.24. The lowest BCUT2D eigenvalue weighted by atomic mass is 9.84. The van der Waals surface area contributed by atoms with Gasteiger partial charge in [-0.15, -0.1) is 0 Å². The molecule has 5 N–H and O–H groups in total. The number of fused-ring (bicyclic) bond motifs is 1. The number of aromatic nitrogens is 1. The van der Waals surface area contributed by atoms with Gasteiger partial charge in [0, 0.05) is 36.7 Å². The Bertz CT molecular complexity index is 1160. The highest BCUT2D eigenvalue weighted by atomic mass is 16.5. The van der Waals surface area contributed by atoms with Crippen molar-refractivity contribution in [3.63, 3.8) is 0 Å². The highest BCUT2D eigenvalue weighted by Crippen LogP contribution is 2.34. The Kier molecular flexibility index (Phi) is 9.90. The van der Waals surface area contributed by atoms with E-state index in [1.165, 1.54) is 0 Å². The molecular formula is C27H34N2O8. The average Bonchev–Trinajstić information content (AvgIpc) is 3.38. The zero-order valence-electron chi connectivity index (χ0n) is 20.8. The molecule has 2 aromatic carbocycles. The maximum Gasteiger partial charge on any atom is 0.303 e. The Morgan fingerprint density at radius 1 is 1.05 bits per heavy atom. The molecule has 0 aliphatic carbocycles. The van der Waals surface area contributed by atoms with Gasteiger partial charge in [-0.3, -0.25) is 9.59 Å². The van der Waals surface area contributed by atoms with E-state index in [-0.39, 0.29) is 19.4 Å². The summed E-state index contributed by atoms with van der Waals surface area (Å²) in [6, 6.07) is 15.5. The molecule has 0 unspecified atom stereocenters. The summed E-state index contributed by atoms with van der Waals surface area (Å²) in [4.78, 5) is 24.6. The molecule has 0 saturated carbocycles. The van der Waals surface area contributed by atoms with Crippen molar-refractivity contribution in [2.45, 2.75) is 37.4 Å². The highest BCUT2D eigenvalue weighted by Gasteiger charge is 2.34. The van der Waals surface area contributed by atoms with Crippen molar-refractivity contribution in [2.24, 2.45) is 0 Å². The Balaban J connectivity index is 0.000000414. The van der Waals surface area contributed by atoms with Crippen molar-refractivity contribution in [1.29, 1.82) is 0 Å². The molecule has 0 spiro atoms. The maximum atomic E-state index is 11.1. The van der Waals surface area contributed by atoms with Gasteiger partial charge in [0.15, 0.2) is 0 Å². The number of aromatic amines is 1. The van der Waals surface area contributed by atoms with Crippen molar-refractivity contribution in [1.82, 2.24) is 9.88 Å². The SMILES string of the molecule is COc1cccc(C2(O)CCN(C[C@H](O)COc3cccc4[nH]ccc34)CC2)c1.O=C(O)CCC(=O)O. The lowest BCUT2D eigenvalue weighted by Gasteiger charge is -2.39. The molecule has 0 amide bonds. The van der Waals surface area contributed by atoms with Crippen molar-refractivity contribution in [2.75, 3.05) is 33.4 Å². The second-order valence-corrected chi connectivity index (χ2v) is 9.01. The van der Waals surface area contributed by atoms with Gasteiger partial charge in [-0.2, -0.15) is 0 Å². The van der Waals surface area contributed by atoms with Crippen molar-refractivity contribution in [3.05, 3.63) is 60.3 Å². The van der Waals surface area contributed by atoms with Gasteiger partial charge in [-0.05, 0) is 48.7 Å². The molecule has 1 aromatic heterocycles. The predicted octanol–water partition coefficient (Wildman–Crippen LogP) is 2.84. The number of benzene rings is 2. The lowest BCUT2D eigenvalue weighted by molar-refractivity contribution is -0.143. The number of methoxy groups -OCH3 is 1. The van der Waals surface area contributed by atoms with E-state index in [1.54, 1.807) is 7.11 Å². The number of aliphatic carboxylic acids is 2. The summed E-state index contributed by atoms with van der Waals surface area (Å²) in [6.07, 6.45) is 1.94. The fraction of sp³-hybridized carbons (Fsp3) is 0.407. The molecular weight excluding hydrogens is 480 g/mol. The highest BCUT2D eigenvalue weighted by molar-refractivity contribution is 5.85. The molecule has 1 aliphatic heterocycles. The van der Waals surface area contributed by atoms with E-state index in [2.05, 4.69) is 9.88 Å². The van der Waals surface area contributed by atoms with Gasteiger partial charge >= 0.3 is 11.9 Å². The molecule has 1 atom stereocenters. The standard InChI is InChI=1S/C23H28N2O4.C4H6O4/c1-28-19-5-2-4-17(14-19)23(27)9-12-25(13-10-23)15-18(26)16-29-22-7-3-6-21-20(22)8-11-24-21;5-3(6)1-2-4(7)8/h2-8,11,14,18,24,26-27H,9-10,12-13,15-16H2,1H3;1-2H2,(H,5,6)(H,7,8)/t18-;/m0./s1. The van der Waals surface area contributed by atoms with E-state index < -0.39 is 23.6 Å². The largest absolute Gasteiger partial charge is 0.497 e. The Labute approximate surface area is 215 Å². The molecule has 2 heterocycles. The van der Waals surface area contributed by atoms with Crippen LogP contribution >= 0.6 is 0 Å². The number of likely N-dealkylation sites (tertiary alicyclic amines) is 1. The molecule has 37 heavy (non-hydrogen) atoms. The molecule has 0 bridgehead atoms. The second kappa shape index (κ2) is 13.1. The number of H-pyrrole nitrogens is 1. The summed E-state index contributed by atoms with van der Waals surface area (Å²) >= 11 is 0. The van der Waals surface area contributed by atoms with Crippen LogP contribution in [-0.2, 0) is 15.2 Å². The third kappa shape index (κ3) is 8.21. The summed E-state index contributed by atoms with van der Waals surface area (Å²) in [5, 5.41) is 38.3. The number of aliphatic hydroxyl groups excluding tert-OH is 1. The number of aliphatic hydroxyl groups is 2. The number of carboxylic acids is 2. The van der Waals surface area contributed by atoms with Crippen LogP contribution in [0.3, 0.4) is 0 Å². The number of carboxylic acid groups (broad SMARTS) is 2. The van der Waals surface area contributed by atoms with E-state index in [1.807, 2.05) is 54.7 Å². The number of nitrogens with zero attached hydrogens (tertiary/aromatic N) is 1. The van der Waals surface area contributed by atoms with E-state index in [9.17, 15) is 19.8 Å². The van der Waals surface area contributed by atoms with Crippen LogP contribution in [-0.4, -0.2) is 81.7 Å². The van der Waals surface area contributed by atoms with Crippen molar-refractivity contribution in [3.8, 4) is 11.5 Å². The first kappa shape index (κ1) is 28.0. The van der Waals surface area contributed by atoms with Gasteiger partial charge < -0.3 is 39.8 Å². The van der Waals surface area contributed by atoms with Gasteiger partial charge in [0.25, 0.3) is 0 Å². The molecule has 1 fully saturated rings. The molecule has 10 heteroatoms. The van der Waals surface area contributed by atoms with Crippen LogP contribution in [0.25, 0.3) is 10.9 Å². The minimum absolute atomic E-state index is 0.237. The van der Waals surface area contributed by atoms with Gasteiger partial charge in [0.1, 0.15) is 24.2 Å². The monoisotopic (exact) mass is 514 g/mol. The molecule has 200 valence electrons. The lowest BCUT2D eigenvalue weighted by Crippen LogP contribution is -2.46. The first-order valence-corrected chi connectivity index (χ1v) is 12.1. The molecule has 1 aliphatic rings. The Morgan fingerprint density at radius 2 is 1.73 bits per heavy atom. The van der Waals surface area contributed by atoms with Gasteiger partial charge in [-0.1, -0.05) is 18.2 Å².